The van der Waals surface area contributed by atoms with E-state index in [0.29, 0.717) is 24.6 Å². The number of carbonyl (C=O) groups is 1. The molecule has 3 N–H and O–H groups in total. The summed E-state index contributed by atoms with van der Waals surface area (Å²) in [5.41, 5.74) is 7.62. The molecule has 0 radical (unpaired) electrons. The van der Waals surface area contributed by atoms with Crippen LogP contribution in [0.1, 0.15) is 43.2 Å². The SMILES string of the molecule is CN1CCC(n2cc(C3CC4C(CC3F)NNC4C(=O)Nc3ccc(F)cc3)cn2)CC1. The number of rotatable bonds is 4. The first-order chi connectivity index (χ1) is 15.5. The summed E-state index contributed by atoms with van der Waals surface area (Å²) in [6.45, 7) is 2.09. The van der Waals surface area contributed by atoms with E-state index in [4.69, 9.17) is 0 Å². The number of halogens is 2. The average molecular weight is 445 g/mol. The minimum Gasteiger partial charge on any atom is -0.325 e. The zero-order valence-electron chi connectivity index (χ0n) is 18.2. The Kier molecular flexibility index (Phi) is 5.96. The Balaban J connectivity index is 1.27. The number of aromatic nitrogens is 2. The summed E-state index contributed by atoms with van der Waals surface area (Å²) in [4.78, 5) is 15.2. The van der Waals surface area contributed by atoms with Crippen molar-refractivity contribution in [2.45, 2.75) is 55.9 Å². The van der Waals surface area contributed by atoms with Crippen LogP contribution in [0.15, 0.2) is 36.7 Å². The lowest BCUT2D eigenvalue weighted by Crippen LogP contribution is -2.43. The highest BCUT2D eigenvalue weighted by atomic mass is 19.1. The molecule has 3 fully saturated rings. The summed E-state index contributed by atoms with van der Waals surface area (Å²) in [5, 5.41) is 7.41. The number of hydrazine groups is 1. The molecule has 5 rings (SSSR count). The molecule has 5 unspecified atom stereocenters. The first-order valence-electron chi connectivity index (χ1n) is 11.4. The van der Waals surface area contributed by atoms with E-state index in [-0.39, 0.29) is 29.6 Å². The van der Waals surface area contributed by atoms with Crippen LogP contribution in [0.25, 0.3) is 0 Å². The number of piperidine rings is 1. The molecule has 1 aromatic heterocycles. The zero-order valence-corrected chi connectivity index (χ0v) is 18.2. The molecule has 0 bridgehead atoms. The predicted octanol–water partition coefficient (Wildman–Crippen LogP) is 2.60. The van der Waals surface area contributed by atoms with Gasteiger partial charge in [0, 0.05) is 29.8 Å². The van der Waals surface area contributed by atoms with Crippen LogP contribution in [0.2, 0.25) is 0 Å². The molecule has 2 aromatic rings. The molecule has 172 valence electrons. The van der Waals surface area contributed by atoms with Crippen LogP contribution in [0.4, 0.5) is 14.5 Å². The van der Waals surface area contributed by atoms with Gasteiger partial charge in [-0.1, -0.05) is 0 Å². The summed E-state index contributed by atoms with van der Waals surface area (Å²) in [6, 6.07) is 5.46. The number of nitrogens with zero attached hydrogens (tertiary/aromatic N) is 3. The number of hydrogen-bond donors (Lipinski definition) is 3. The van der Waals surface area contributed by atoms with Gasteiger partial charge in [0.2, 0.25) is 5.91 Å². The van der Waals surface area contributed by atoms with Gasteiger partial charge in [-0.05, 0) is 75.6 Å². The molecule has 32 heavy (non-hydrogen) atoms. The lowest BCUT2D eigenvalue weighted by Gasteiger charge is -2.35. The maximum Gasteiger partial charge on any atom is 0.243 e. The van der Waals surface area contributed by atoms with Crippen LogP contribution in [0, 0.1) is 11.7 Å². The fraction of sp³-hybridized carbons (Fsp3) is 0.565. The Hall–Kier alpha value is -2.36. The van der Waals surface area contributed by atoms with Gasteiger partial charge < -0.3 is 10.2 Å². The van der Waals surface area contributed by atoms with Crippen molar-refractivity contribution < 1.29 is 13.6 Å². The van der Waals surface area contributed by atoms with E-state index in [2.05, 4.69) is 33.2 Å². The van der Waals surface area contributed by atoms with Crippen LogP contribution >= 0.6 is 0 Å². The monoisotopic (exact) mass is 444 g/mol. The van der Waals surface area contributed by atoms with Gasteiger partial charge in [0.1, 0.15) is 18.0 Å². The molecule has 9 heteroatoms. The van der Waals surface area contributed by atoms with Gasteiger partial charge in [-0.25, -0.2) is 14.2 Å². The van der Waals surface area contributed by atoms with Crippen molar-refractivity contribution in [2.75, 3.05) is 25.5 Å². The Morgan fingerprint density at radius 3 is 2.66 bits per heavy atom. The van der Waals surface area contributed by atoms with Gasteiger partial charge in [0.05, 0.1) is 12.2 Å². The summed E-state index contributed by atoms with van der Waals surface area (Å²) in [5.74, 6) is -0.874. The second-order valence-corrected chi connectivity index (χ2v) is 9.41. The molecule has 1 aliphatic carbocycles. The normalized spacial score (nSPS) is 31.4. The molecular weight excluding hydrogens is 414 g/mol. The average Bonchev–Trinajstić information content (AvgIpc) is 3.42. The molecule has 2 aliphatic heterocycles. The smallest absolute Gasteiger partial charge is 0.243 e. The minimum atomic E-state index is -0.986. The number of nitrogens with one attached hydrogen (secondary N) is 3. The van der Waals surface area contributed by atoms with Crippen molar-refractivity contribution >= 4 is 11.6 Å². The van der Waals surface area contributed by atoms with Gasteiger partial charge in [0.25, 0.3) is 0 Å². The lowest BCUT2D eigenvalue weighted by atomic mass is 9.73. The van der Waals surface area contributed by atoms with Crippen molar-refractivity contribution in [1.29, 1.82) is 0 Å². The van der Waals surface area contributed by atoms with E-state index < -0.39 is 12.2 Å². The highest BCUT2D eigenvalue weighted by molar-refractivity contribution is 5.95. The molecule has 7 nitrogen and oxygen atoms in total. The molecule has 2 saturated heterocycles. The first kappa shape index (κ1) is 21.5. The third kappa shape index (κ3) is 4.29. The molecular formula is C23H30F2N6O. The van der Waals surface area contributed by atoms with Gasteiger partial charge in [-0.15, -0.1) is 0 Å². The van der Waals surface area contributed by atoms with Crippen molar-refractivity contribution in [3.8, 4) is 0 Å². The molecule has 1 amide bonds. The van der Waals surface area contributed by atoms with E-state index in [1.54, 1.807) is 6.20 Å². The standard InChI is InChI=1S/C23H30F2N6O/c1-30-8-6-17(7-9-30)31-13-14(12-26-31)18-10-19-21(11-20(18)25)28-29-22(19)23(32)27-16-4-2-15(24)3-5-16/h2-5,12-13,17-22,28-29H,6-11H2,1H3,(H,27,32). The van der Waals surface area contributed by atoms with Crippen LogP contribution in [-0.4, -0.2) is 59.0 Å². The zero-order chi connectivity index (χ0) is 22.2. The Morgan fingerprint density at radius 1 is 1.16 bits per heavy atom. The van der Waals surface area contributed by atoms with Gasteiger partial charge in [-0.3, -0.25) is 14.9 Å². The number of fused-ring (bicyclic) bond motifs is 1. The molecule has 1 saturated carbocycles. The summed E-state index contributed by atoms with van der Waals surface area (Å²) < 4.78 is 30.3. The number of hydrogen-bond acceptors (Lipinski definition) is 5. The Labute approximate surface area is 186 Å². The Morgan fingerprint density at radius 2 is 1.91 bits per heavy atom. The lowest BCUT2D eigenvalue weighted by molar-refractivity contribution is -0.119. The molecule has 0 spiro atoms. The molecule has 1 aromatic carbocycles. The minimum absolute atomic E-state index is 0.0425. The van der Waals surface area contributed by atoms with E-state index in [1.165, 1.54) is 24.3 Å². The van der Waals surface area contributed by atoms with E-state index in [9.17, 15) is 9.18 Å². The fourth-order valence-electron chi connectivity index (χ4n) is 5.39. The first-order valence-corrected chi connectivity index (χ1v) is 11.4. The van der Waals surface area contributed by atoms with E-state index in [1.807, 2.05) is 10.9 Å². The number of anilines is 1. The van der Waals surface area contributed by atoms with Gasteiger partial charge >= 0.3 is 0 Å². The maximum atomic E-state index is 15.1. The molecule has 5 atom stereocenters. The number of amides is 1. The summed E-state index contributed by atoms with van der Waals surface area (Å²) in [6.07, 6.45) is 5.83. The largest absolute Gasteiger partial charge is 0.325 e. The van der Waals surface area contributed by atoms with Gasteiger partial charge in [0.15, 0.2) is 0 Å². The summed E-state index contributed by atoms with van der Waals surface area (Å²) >= 11 is 0. The number of alkyl halides is 1. The van der Waals surface area contributed by atoms with Gasteiger partial charge in [-0.2, -0.15) is 5.10 Å². The highest BCUT2D eigenvalue weighted by Crippen LogP contribution is 2.41. The van der Waals surface area contributed by atoms with Crippen LogP contribution in [0.5, 0.6) is 0 Å². The second kappa shape index (κ2) is 8.88. The molecule has 3 heterocycles. The second-order valence-electron chi connectivity index (χ2n) is 9.41. The van der Waals surface area contributed by atoms with Crippen molar-refractivity contribution in [2.24, 2.45) is 5.92 Å². The predicted molar refractivity (Wildman–Crippen MR) is 117 cm³/mol. The number of carbonyl (C=O) groups excluding carboxylic acids is 1. The topological polar surface area (TPSA) is 74.2 Å². The van der Waals surface area contributed by atoms with E-state index in [0.717, 1.165) is 31.5 Å². The van der Waals surface area contributed by atoms with Crippen LogP contribution < -0.4 is 16.2 Å². The third-order valence-electron chi connectivity index (χ3n) is 7.32. The quantitative estimate of drug-likeness (QED) is 0.676. The maximum absolute atomic E-state index is 15.1. The number of benzene rings is 1. The molecule has 3 aliphatic rings. The highest BCUT2D eigenvalue weighted by Gasteiger charge is 2.47. The van der Waals surface area contributed by atoms with E-state index >= 15 is 4.39 Å². The van der Waals surface area contributed by atoms with Crippen molar-refractivity contribution in [3.63, 3.8) is 0 Å². The summed E-state index contributed by atoms with van der Waals surface area (Å²) in [7, 11) is 2.13. The number of likely N-dealkylation sites (tertiary alicyclic amines) is 1. The van der Waals surface area contributed by atoms with Crippen molar-refractivity contribution in [1.82, 2.24) is 25.5 Å². The van der Waals surface area contributed by atoms with Crippen molar-refractivity contribution in [3.05, 3.63) is 48.0 Å². The fourth-order valence-corrected chi connectivity index (χ4v) is 5.39. The van der Waals surface area contributed by atoms with Crippen LogP contribution in [-0.2, 0) is 4.79 Å². The van der Waals surface area contributed by atoms with Crippen LogP contribution in [0.3, 0.4) is 0 Å². The third-order valence-corrected chi connectivity index (χ3v) is 7.32. The Bertz CT molecular complexity index is 942.